The first-order chi connectivity index (χ1) is 24.2. The summed E-state index contributed by atoms with van der Waals surface area (Å²) >= 11 is 0. The molecule has 0 fully saturated rings. The number of amides is 1. The first-order valence-corrected chi connectivity index (χ1v) is 15.1. The van der Waals surface area contributed by atoms with E-state index in [4.69, 9.17) is 9.84 Å². The molecule has 7 nitrogen and oxygen atoms in total. The largest absolute Gasteiger partial charge is 0.573 e. The Hall–Kier alpha value is -5.48. The topological polar surface area (TPSA) is 94.1 Å². The highest BCUT2D eigenvalue weighted by molar-refractivity contribution is 5.95. The van der Waals surface area contributed by atoms with E-state index in [-0.39, 0.29) is 35.8 Å². The molecule has 4 rings (SSSR count). The quantitative estimate of drug-likeness (QED) is 0.0988. The molecular weight excluding hydrogens is 720 g/mol. The van der Waals surface area contributed by atoms with Crippen molar-refractivity contribution in [2.75, 3.05) is 6.61 Å². The van der Waals surface area contributed by atoms with E-state index >= 15 is 0 Å². The van der Waals surface area contributed by atoms with Crippen LogP contribution in [0.1, 0.15) is 51.9 Å². The highest BCUT2D eigenvalue weighted by Gasteiger charge is 2.41. The van der Waals surface area contributed by atoms with Crippen molar-refractivity contribution in [3.05, 3.63) is 125 Å². The molecule has 4 aromatic rings. The van der Waals surface area contributed by atoms with E-state index in [9.17, 15) is 53.5 Å². The second kappa shape index (κ2) is 15.8. The van der Waals surface area contributed by atoms with E-state index in [1.165, 1.54) is 36.4 Å². The minimum atomic E-state index is -5.23. The normalized spacial score (nSPS) is 12.3. The first-order valence-electron chi connectivity index (χ1n) is 15.1. The van der Waals surface area contributed by atoms with Gasteiger partial charge in [-0.05, 0) is 84.1 Å². The van der Waals surface area contributed by atoms with Gasteiger partial charge in [-0.25, -0.2) is 4.39 Å². The van der Waals surface area contributed by atoms with Crippen LogP contribution in [-0.2, 0) is 22.9 Å². The van der Waals surface area contributed by atoms with Gasteiger partial charge < -0.3 is 24.6 Å². The summed E-state index contributed by atoms with van der Waals surface area (Å²) in [6, 6.07) is 15.2. The van der Waals surface area contributed by atoms with Crippen molar-refractivity contribution in [3.8, 4) is 17.2 Å². The number of hydrogen-bond donors (Lipinski definition) is 2. The molecule has 0 aliphatic carbocycles. The van der Waals surface area contributed by atoms with Crippen LogP contribution in [0.2, 0.25) is 0 Å². The van der Waals surface area contributed by atoms with E-state index in [1.54, 1.807) is 0 Å². The fourth-order valence-corrected chi connectivity index (χ4v) is 5.20. The Bertz CT molecular complexity index is 1800. The number of carboxylic acids is 1. The molecule has 0 spiro atoms. The molecule has 0 bridgehead atoms. The molecule has 0 aromatic heterocycles. The van der Waals surface area contributed by atoms with Crippen LogP contribution in [0.5, 0.6) is 17.2 Å². The number of carbonyl (C=O) groups is 2. The van der Waals surface area contributed by atoms with Crippen LogP contribution >= 0.6 is 0 Å². The molecular formula is C35H27F10NO6. The highest BCUT2D eigenvalue weighted by Crippen LogP contribution is 2.39. The maximum absolute atomic E-state index is 14.1. The molecule has 0 saturated heterocycles. The number of alkyl halides is 9. The zero-order valence-corrected chi connectivity index (χ0v) is 26.5. The van der Waals surface area contributed by atoms with Crippen molar-refractivity contribution >= 4 is 11.9 Å². The molecule has 0 saturated carbocycles. The first kappa shape index (κ1) is 39.3. The van der Waals surface area contributed by atoms with Crippen molar-refractivity contribution in [2.45, 2.75) is 50.1 Å². The summed E-state index contributed by atoms with van der Waals surface area (Å²) < 4.78 is 148. The number of carboxylic acid groups (broad SMARTS) is 1. The van der Waals surface area contributed by atoms with Gasteiger partial charge in [0.15, 0.2) is 0 Å². The molecule has 0 radical (unpaired) electrons. The van der Waals surface area contributed by atoms with Gasteiger partial charge in [-0.15, -0.1) is 26.3 Å². The summed E-state index contributed by atoms with van der Waals surface area (Å²) in [5, 5.41) is 11.3. The number of carbonyl (C=O) groups excluding carboxylic acids is 1. The van der Waals surface area contributed by atoms with E-state index in [2.05, 4.69) is 14.8 Å². The summed E-state index contributed by atoms with van der Waals surface area (Å²) in [5.74, 6) is -5.30. The fourth-order valence-electron chi connectivity index (χ4n) is 5.20. The average molecular weight is 748 g/mol. The molecule has 0 unspecified atom stereocenters. The molecule has 1 amide bonds. The van der Waals surface area contributed by atoms with E-state index in [1.807, 2.05) is 0 Å². The number of ether oxygens (including phenoxy) is 3. The van der Waals surface area contributed by atoms with Crippen molar-refractivity contribution in [1.29, 1.82) is 0 Å². The van der Waals surface area contributed by atoms with Crippen molar-refractivity contribution in [1.82, 2.24) is 5.32 Å². The van der Waals surface area contributed by atoms with Gasteiger partial charge in [-0.1, -0.05) is 36.4 Å². The lowest BCUT2D eigenvalue weighted by atomic mass is 9.77. The average Bonchev–Trinajstić information content (AvgIpc) is 3.03. The predicted octanol–water partition coefficient (Wildman–Crippen LogP) is 9.19. The second-order valence-corrected chi connectivity index (χ2v) is 11.2. The van der Waals surface area contributed by atoms with E-state index in [0.717, 1.165) is 42.5 Å². The second-order valence-electron chi connectivity index (χ2n) is 11.2. The van der Waals surface area contributed by atoms with Gasteiger partial charge >= 0.3 is 24.9 Å². The molecule has 278 valence electrons. The summed E-state index contributed by atoms with van der Waals surface area (Å²) in [5.41, 5.74) is -4.86. The zero-order valence-electron chi connectivity index (χ0n) is 26.5. The maximum atomic E-state index is 14.1. The van der Waals surface area contributed by atoms with Crippen LogP contribution in [0.15, 0.2) is 91.0 Å². The van der Waals surface area contributed by atoms with Gasteiger partial charge in [0.05, 0.1) is 17.7 Å². The standard InChI is InChI=1S/C35H27F10NO6/c36-29-15-12-22(17-28(29)33(37,38)39)31(49)46-32(23-5-3-7-26(18-23)51-34(40,41)42,24-6-4-8-27(19-24)52-35(43,44)45)20-21-10-13-25(14-11-21)50-16-2-1-9-30(47)48/h3-8,10-15,17-19H,1-2,9,16,20H2,(H,46,49)(H,47,48). The summed E-state index contributed by atoms with van der Waals surface area (Å²) in [6.07, 6.45) is -15.4. The number of unbranched alkanes of at least 4 members (excludes halogenated alkanes) is 1. The molecule has 0 aliphatic heterocycles. The van der Waals surface area contributed by atoms with Crippen molar-refractivity contribution in [2.24, 2.45) is 0 Å². The number of benzene rings is 4. The summed E-state index contributed by atoms with van der Waals surface area (Å²) in [7, 11) is 0. The summed E-state index contributed by atoms with van der Waals surface area (Å²) in [4.78, 5) is 24.5. The zero-order chi connectivity index (χ0) is 38.3. The highest BCUT2D eigenvalue weighted by atomic mass is 19.4. The Morgan fingerprint density at radius 3 is 1.73 bits per heavy atom. The summed E-state index contributed by atoms with van der Waals surface area (Å²) in [6.45, 7) is 0.141. The third kappa shape index (κ3) is 11.0. The molecule has 4 aromatic carbocycles. The van der Waals surface area contributed by atoms with Crippen LogP contribution in [0.25, 0.3) is 0 Å². The molecule has 2 N–H and O–H groups in total. The van der Waals surface area contributed by atoms with Gasteiger partial charge in [0.2, 0.25) is 0 Å². The number of hydrogen-bond acceptors (Lipinski definition) is 5. The van der Waals surface area contributed by atoms with Gasteiger partial charge in [-0.3, -0.25) is 9.59 Å². The third-order valence-corrected chi connectivity index (χ3v) is 7.43. The van der Waals surface area contributed by atoms with Crippen LogP contribution in [0.4, 0.5) is 43.9 Å². The van der Waals surface area contributed by atoms with E-state index < -0.39 is 71.2 Å². The van der Waals surface area contributed by atoms with Gasteiger partial charge in [-0.2, -0.15) is 13.2 Å². The number of nitrogens with one attached hydrogen (secondary N) is 1. The lowest BCUT2D eigenvalue weighted by Gasteiger charge is -2.37. The maximum Gasteiger partial charge on any atom is 0.573 e. The van der Waals surface area contributed by atoms with Gasteiger partial charge in [0.25, 0.3) is 5.91 Å². The Morgan fingerprint density at radius 2 is 1.23 bits per heavy atom. The van der Waals surface area contributed by atoms with Gasteiger partial charge in [0.1, 0.15) is 23.1 Å². The van der Waals surface area contributed by atoms with Crippen LogP contribution in [0, 0.1) is 5.82 Å². The SMILES string of the molecule is O=C(O)CCCCOc1ccc(CC(NC(=O)c2ccc(F)c(C(F)(F)F)c2)(c2cccc(OC(F)(F)F)c2)c2cccc(OC(F)(F)F)c2)cc1. The van der Waals surface area contributed by atoms with Crippen LogP contribution in [0.3, 0.4) is 0 Å². The number of aliphatic carboxylic acids is 1. The van der Waals surface area contributed by atoms with Crippen molar-refractivity contribution in [3.63, 3.8) is 0 Å². The van der Waals surface area contributed by atoms with Gasteiger partial charge in [0, 0.05) is 18.4 Å². The molecule has 0 atom stereocenters. The third-order valence-electron chi connectivity index (χ3n) is 7.43. The Labute approximate surface area is 288 Å². The lowest BCUT2D eigenvalue weighted by molar-refractivity contribution is -0.275. The molecule has 0 aliphatic rings. The predicted molar refractivity (Wildman–Crippen MR) is 163 cm³/mol. The Morgan fingerprint density at radius 1 is 0.673 bits per heavy atom. The Kier molecular flexibility index (Phi) is 12.0. The minimum absolute atomic E-state index is 0.0735. The molecule has 0 heterocycles. The smallest absolute Gasteiger partial charge is 0.494 e. The monoisotopic (exact) mass is 747 g/mol. The number of rotatable bonds is 14. The molecule has 52 heavy (non-hydrogen) atoms. The van der Waals surface area contributed by atoms with Crippen LogP contribution in [-0.4, -0.2) is 36.3 Å². The van der Waals surface area contributed by atoms with Crippen LogP contribution < -0.4 is 19.5 Å². The Balaban J connectivity index is 1.87. The number of halogens is 10. The molecule has 17 heteroatoms. The van der Waals surface area contributed by atoms with Crippen molar-refractivity contribution < 1.29 is 72.8 Å². The van der Waals surface area contributed by atoms with E-state index in [0.29, 0.717) is 24.7 Å². The minimum Gasteiger partial charge on any atom is -0.494 e. The fraction of sp³-hybridized carbons (Fsp3) is 0.257. The lowest BCUT2D eigenvalue weighted by Crippen LogP contribution is -2.48.